The van der Waals surface area contributed by atoms with Gasteiger partial charge in [0.2, 0.25) is 0 Å². The third kappa shape index (κ3) is 5.74. The van der Waals surface area contributed by atoms with Gasteiger partial charge in [-0.3, -0.25) is 9.69 Å². The lowest BCUT2D eigenvalue weighted by Crippen LogP contribution is -2.27. The second-order valence-electron chi connectivity index (χ2n) is 9.65. The summed E-state index contributed by atoms with van der Waals surface area (Å²) < 4.78 is 8.35. The number of aryl methyl sites for hydroxylation is 1. The molecule has 3 aromatic carbocycles. The van der Waals surface area contributed by atoms with Gasteiger partial charge in [-0.05, 0) is 60.4 Å². The summed E-state index contributed by atoms with van der Waals surface area (Å²) in [5.41, 5.74) is 5.68. The van der Waals surface area contributed by atoms with Crippen molar-refractivity contribution in [3.63, 3.8) is 0 Å². The number of aromatic nitrogens is 2. The molecule has 1 fully saturated rings. The van der Waals surface area contributed by atoms with Crippen LogP contribution in [0.2, 0.25) is 0 Å². The van der Waals surface area contributed by atoms with E-state index in [-0.39, 0.29) is 5.91 Å². The van der Waals surface area contributed by atoms with Gasteiger partial charge in [0, 0.05) is 17.3 Å². The molecule has 0 unspecified atom stereocenters. The van der Waals surface area contributed by atoms with E-state index in [0.717, 1.165) is 39.4 Å². The smallest absolute Gasteiger partial charge is 0.266 e. The van der Waals surface area contributed by atoms with Crippen LogP contribution in [0, 0.1) is 12.8 Å². The van der Waals surface area contributed by atoms with Crippen molar-refractivity contribution in [2.24, 2.45) is 5.92 Å². The van der Waals surface area contributed by atoms with Crippen LogP contribution < -0.4 is 4.74 Å². The molecule has 2 heterocycles. The molecule has 1 aliphatic rings. The molecule has 192 valence electrons. The van der Waals surface area contributed by atoms with Crippen LogP contribution in [0.1, 0.15) is 30.5 Å². The van der Waals surface area contributed by atoms with E-state index < -0.39 is 0 Å². The zero-order valence-electron chi connectivity index (χ0n) is 21.6. The van der Waals surface area contributed by atoms with Crippen LogP contribution >= 0.6 is 24.0 Å². The standard InChI is InChI=1S/C31H29N3O2S2/c1-21(2)20-36-26-14-15-27(22(3)16-26)29-24(19-34(32-29)25-12-8-5-9-13-25)17-28-30(35)33(31(37)38-28)18-23-10-6-4-7-11-23/h4-17,19,21H,18,20H2,1-3H3/b28-17-. The van der Waals surface area contributed by atoms with Gasteiger partial charge < -0.3 is 4.74 Å². The van der Waals surface area contributed by atoms with E-state index in [1.165, 1.54) is 11.8 Å². The summed E-state index contributed by atoms with van der Waals surface area (Å²) in [6.45, 7) is 7.44. The molecule has 38 heavy (non-hydrogen) atoms. The molecule has 0 bridgehead atoms. The first-order chi connectivity index (χ1) is 18.4. The van der Waals surface area contributed by atoms with Gasteiger partial charge in [-0.2, -0.15) is 5.10 Å². The molecule has 1 amide bonds. The van der Waals surface area contributed by atoms with Crippen molar-refractivity contribution in [2.75, 3.05) is 6.61 Å². The molecular weight excluding hydrogens is 510 g/mol. The predicted molar refractivity (Wildman–Crippen MR) is 159 cm³/mol. The number of carbonyl (C=O) groups is 1. The fourth-order valence-corrected chi connectivity index (χ4v) is 5.46. The van der Waals surface area contributed by atoms with E-state index in [9.17, 15) is 4.79 Å². The van der Waals surface area contributed by atoms with Gasteiger partial charge in [0.05, 0.1) is 23.7 Å². The van der Waals surface area contributed by atoms with E-state index in [0.29, 0.717) is 28.3 Å². The lowest BCUT2D eigenvalue weighted by Gasteiger charge is -2.14. The minimum atomic E-state index is -0.0866. The maximum Gasteiger partial charge on any atom is 0.266 e. The topological polar surface area (TPSA) is 47.4 Å². The first kappa shape index (κ1) is 25.9. The predicted octanol–water partition coefficient (Wildman–Crippen LogP) is 7.28. The second-order valence-corrected chi connectivity index (χ2v) is 11.3. The molecule has 1 aromatic heterocycles. The van der Waals surface area contributed by atoms with E-state index in [1.807, 2.05) is 95.8 Å². The number of amides is 1. The fraction of sp³-hybridized carbons (Fsp3) is 0.194. The summed E-state index contributed by atoms with van der Waals surface area (Å²) in [5.74, 6) is 1.20. The van der Waals surface area contributed by atoms with Crippen molar-refractivity contribution in [1.29, 1.82) is 0 Å². The molecule has 0 aliphatic carbocycles. The maximum absolute atomic E-state index is 13.4. The molecule has 1 saturated heterocycles. The van der Waals surface area contributed by atoms with Crippen molar-refractivity contribution in [3.05, 3.63) is 107 Å². The Balaban J connectivity index is 1.51. The van der Waals surface area contributed by atoms with Gasteiger partial charge in [-0.15, -0.1) is 0 Å². The number of rotatable bonds is 8. The number of thiocarbonyl (C=S) groups is 1. The Kier molecular flexibility index (Phi) is 7.77. The number of benzene rings is 3. The van der Waals surface area contributed by atoms with E-state index >= 15 is 0 Å². The zero-order chi connectivity index (χ0) is 26.6. The molecule has 1 aliphatic heterocycles. The fourth-order valence-electron chi connectivity index (χ4n) is 4.21. The molecule has 0 saturated carbocycles. The number of nitrogens with zero attached hydrogens (tertiary/aromatic N) is 3. The monoisotopic (exact) mass is 539 g/mol. The normalized spacial score (nSPS) is 14.6. The minimum absolute atomic E-state index is 0.0866. The number of thioether (sulfide) groups is 1. The lowest BCUT2D eigenvalue weighted by molar-refractivity contribution is -0.122. The summed E-state index contributed by atoms with van der Waals surface area (Å²) >= 11 is 6.92. The largest absolute Gasteiger partial charge is 0.493 e. The molecule has 0 radical (unpaired) electrons. The van der Waals surface area contributed by atoms with E-state index in [4.69, 9.17) is 22.1 Å². The average Bonchev–Trinajstić information content (AvgIpc) is 3.45. The van der Waals surface area contributed by atoms with Crippen LogP contribution in [0.4, 0.5) is 0 Å². The molecule has 0 N–H and O–H groups in total. The lowest BCUT2D eigenvalue weighted by atomic mass is 10.0. The summed E-state index contributed by atoms with van der Waals surface area (Å²) in [7, 11) is 0. The van der Waals surface area contributed by atoms with E-state index in [2.05, 4.69) is 20.8 Å². The average molecular weight is 540 g/mol. The molecule has 7 heteroatoms. The van der Waals surface area contributed by atoms with Crippen LogP contribution in [0.15, 0.2) is 90.0 Å². The Bertz CT molecular complexity index is 1490. The van der Waals surface area contributed by atoms with Gasteiger partial charge in [0.1, 0.15) is 15.8 Å². The summed E-state index contributed by atoms with van der Waals surface area (Å²) in [6.07, 6.45) is 3.88. The van der Waals surface area contributed by atoms with Crippen molar-refractivity contribution < 1.29 is 9.53 Å². The number of carbonyl (C=O) groups excluding carboxylic acids is 1. The molecule has 0 atom stereocenters. The van der Waals surface area contributed by atoms with Crippen LogP contribution in [0.5, 0.6) is 5.75 Å². The van der Waals surface area contributed by atoms with Gasteiger partial charge in [-0.25, -0.2) is 4.68 Å². The van der Waals surface area contributed by atoms with E-state index in [1.54, 1.807) is 4.90 Å². The number of ether oxygens (including phenoxy) is 1. The number of hydrogen-bond donors (Lipinski definition) is 0. The van der Waals surface area contributed by atoms with Crippen molar-refractivity contribution in [1.82, 2.24) is 14.7 Å². The van der Waals surface area contributed by atoms with Crippen LogP contribution in [-0.4, -0.2) is 31.5 Å². The highest BCUT2D eigenvalue weighted by molar-refractivity contribution is 8.26. The van der Waals surface area contributed by atoms with Crippen LogP contribution in [0.3, 0.4) is 0 Å². The highest BCUT2D eigenvalue weighted by Gasteiger charge is 2.32. The summed E-state index contributed by atoms with van der Waals surface area (Å²) in [5, 5.41) is 4.95. The Morgan fingerprint density at radius 1 is 1.03 bits per heavy atom. The highest BCUT2D eigenvalue weighted by Crippen LogP contribution is 2.36. The summed E-state index contributed by atoms with van der Waals surface area (Å²) in [4.78, 5) is 15.6. The SMILES string of the molecule is Cc1cc(OCC(C)C)ccc1-c1nn(-c2ccccc2)cc1/C=C1\SC(=S)N(Cc2ccccc2)C1=O. The van der Waals surface area contributed by atoms with Crippen LogP contribution in [0.25, 0.3) is 23.0 Å². The molecule has 5 rings (SSSR count). The van der Waals surface area contributed by atoms with Crippen LogP contribution in [-0.2, 0) is 11.3 Å². The molecule has 4 aromatic rings. The Hall–Kier alpha value is -3.68. The second kappa shape index (κ2) is 11.4. The number of para-hydroxylation sites is 1. The highest BCUT2D eigenvalue weighted by atomic mass is 32.2. The number of hydrogen-bond acceptors (Lipinski definition) is 5. The minimum Gasteiger partial charge on any atom is -0.493 e. The third-order valence-electron chi connectivity index (χ3n) is 6.14. The van der Waals surface area contributed by atoms with Crippen molar-refractivity contribution in [3.8, 4) is 22.7 Å². The first-order valence-electron chi connectivity index (χ1n) is 12.6. The Morgan fingerprint density at radius 3 is 2.42 bits per heavy atom. The van der Waals surface area contributed by atoms with Crippen molar-refractivity contribution in [2.45, 2.75) is 27.3 Å². The van der Waals surface area contributed by atoms with Gasteiger partial charge in [-0.1, -0.05) is 86.4 Å². The molecule has 0 spiro atoms. The quantitative estimate of drug-likeness (QED) is 0.174. The van der Waals surface area contributed by atoms with Gasteiger partial charge >= 0.3 is 0 Å². The van der Waals surface area contributed by atoms with Crippen molar-refractivity contribution >= 4 is 40.3 Å². The molecular formula is C31H29N3O2S2. The zero-order valence-corrected chi connectivity index (χ0v) is 23.3. The first-order valence-corrected chi connectivity index (χ1v) is 13.8. The molecule has 5 nitrogen and oxygen atoms in total. The van der Waals surface area contributed by atoms with Gasteiger partial charge in [0.25, 0.3) is 5.91 Å². The Morgan fingerprint density at radius 2 is 1.74 bits per heavy atom. The van der Waals surface area contributed by atoms with Gasteiger partial charge in [0.15, 0.2) is 0 Å². The summed E-state index contributed by atoms with van der Waals surface area (Å²) in [6, 6.07) is 25.9. The maximum atomic E-state index is 13.4. The Labute approximate surface area is 233 Å². The third-order valence-corrected chi connectivity index (χ3v) is 7.52.